The van der Waals surface area contributed by atoms with Crippen molar-refractivity contribution in [3.63, 3.8) is 0 Å². The van der Waals surface area contributed by atoms with E-state index in [4.69, 9.17) is 27.9 Å². The number of nitrogens with zero attached hydrogens (tertiary/aromatic N) is 2. The molecule has 0 aliphatic heterocycles. The molecule has 108 valence electrons. The van der Waals surface area contributed by atoms with Crippen molar-refractivity contribution in [2.24, 2.45) is 0 Å². The molecule has 0 saturated heterocycles. The number of aromatic nitrogens is 1. The van der Waals surface area contributed by atoms with Crippen LogP contribution in [0, 0.1) is 0 Å². The van der Waals surface area contributed by atoms with Crippen molar-refractivity contribution in [1.82, 2.24) is 4.98 Å². The van der Waals surface area contributed by atoms with E-state index in [9.17, 15) is 5.11 Å². The summed E-state index contributed by atoms with van der Waals surface area (Å²) in [6.45, 7) is 3.30. The summed E-state index contributed by atoms with van der Waals surface area (Å²) in [4.78, 5) is 6.14. The second kappa shape index (κ2) is 7.75. The fourth-order valence-corrected chi connectivity index (χ4v) is 2.23. The minimum Gasteiger partial charge on any atom is -0.389 e. The summed E-state index contributed by atoms with van der Waals surface area (Å²) in [5.74, 6) is 1.15. The maximum atomic E-state index is 9.72. The first-order valence-corrected chi connectivity index (χ1v) is 6.73. The number of aliphatic hydroxyl groups excluding tert-OH is 1. The Morgan fingerprint density at radius 3 is 2.74 bits per heavy atom. The van der Waals surface area contributed by atoms with Gasteiger partial charge in [0.15, 0.2) is 0 Å². The highest BCUT2D eigenvalue weighted by atomic mass is 35.5. The van der Waals surface area contributed by atoms with Crippen LogP contribution in [-0.4, -0.2) is 50.0 Å². The van der Waals surface area contributed by atoms with Gasteiger partial charge in [0.2, 0.25) is 0 Å². The lowest BCUT2D eigenvalue weighted by atomic mass is 10.3. The standard InChI is InChI=1S/C12H19Cl2N3O2/c1-4-15-11-9(13)5-10(14)12(16-11)17(2)6-8(18)7-19-3/h5,8,18H,4,6-7H2,1-3H3,(H,15,16). The van der Waals surface area contributed by atoms with E-state index in [1.165, 1.54) is 0 Å². The molecule has 2 N–H and O–H groups in total. The van der Waals surface area contributed by atoms with Crippen molar-refractivity contribution in [3.05, 3.63) is 16.1 Å². The van der Waals surface area contributed by atoms with Crippen molar-refractivity contribution < 1.29 is 9.84 Å². The number of ether oxygens (including phenoxy) is 1. The molecule has 1 aromatic rings. The molecule has 0 aromatic carbocycles. The second-order valence-corrected chi connectivity index (χ2v) is 4.96. The van der Waals surface area contributed by atoms with E-state index >= 15 is 0 Å². The van der Waals surface area contributed by atoms with Crippen molar-refractivity contribution in [3.8, 4) is 0 Å². The predicted octanol–water partition coefficient (Wildman–Crippen LogP) is 2.26. The van der Waals surface area contributed by atoms with E-state index in [1.807, 2.05) is 6.92 Å². The van der Waals surface area contributed by atoms with Crippen LogP contribution in [0.1, 0.15) is 6.92 Å². The normalized spacial score (nSPS) is 12.3. The molecule has 0 radical (unpaired) electrons. The molecule has 0 aliphatic carbocycles. The number of aliphatic hydroxyl groups is 1. The Balaban J connectivity index is 2.89. The molecule has 1 aromatic heterocycles. The molecule has 0 amide bonds. The third kappa shape index (κ3) is 4.69. The minimum atomic E-state index is -0.605. The summed E-state index contributed by atoms with van der Waals surface area (Å²) in [6, 6.07) is 1.64. The first kappa shape index (κ1) is 16.3. The van der Waals surface area contributed by atoms with Gasteiger partial charge in [-0.25, -0.2) is 4.98 Å². The zero-order valence-electron chi connectivity index (χ0n) is 11.3. The van der Waals surface area contributed by atoms with Gasteiger partial charge in [0, 0.05) is 27.2 Å². The minimum absolute atomic E-state index is 0.260. The predicted molar refractivity (Wildman–Crippen MR) is 79.6 cm³/mol. The van der Waals surface area contributed by atoms with Crippen LogP contribution in [0.15, 0.2) is 6.07 Å². The number of hydrogen-bond donors (Lipinski definition) is 2. The summed E-state index contributed by atoms with van der Waals surface area (Å²) in [5, 5.41) is 13.7. The van der Waals surface area contributed by atoms with E-state index in [0.717, 1.165) is 0 Å². The van der Waals surface area contributed by atoms with Crippen LogP contribution in [0.25, 0.3) is 0 Å². The number of halogens is 2. The lowest BCUT2D eigenvalue weighted by Crippen LogP contribution is -2.32. The Labute approximate surface area is 123 Å². The SMILES string of the molecule is CCNc1nc(N(C)CC(O)COC)c(Cl)cc1Cl. The molecule has 0 bridgehead atoms. The summed E-state index contributed by atoms with van der Waals surface area (Å²) < 4.78 is 4.89. The van der Waals surface area contributed by atoms with Crippen LogP contribution in [0.3, 0.4) is 0 Å². The number of rotatable bonds is 7. The maximum Gasteiger partial charge on any atom is 0.149 e. The number of nitrogens with one attached hydrogen (secondary N) is 1. The van der Waals surface area contributed by atoms with Crippen molar-refractivity contribution in [1.29, 1.82) is 0 Å². The Morgan fingerprint density at radius 2 is 2.16 bits per heavy atom. The molecule has 1 unspecified atom stereocenters. The zero-order valence-corrected chi connectivity index (χ0v) is 12.8. The van der Waals surface area contributed by atoms with Crippen LogP contribution in [-0.2, 0) is 4.74 Å². The smallest absolute Gasteiger partial charge is 0.149 e. The van der Waals surface area contributed by atoms with Gasteiger partial charge < -0.3 is 20.1 Å². The van der Waals surface area contributed by atoms with Crippen LogP contribution in [0.2, 0.25) is 10.0 Å². The molecule has 1 heterocycles. The maximum absolute atomic E-state index is 9.72. The molecular weight excluding hydrogens is 289 g/mol. The molecule has 19 heavy (non-hydrogen) atoms. The third-order valence-corrected chi connectivity index (χ3v) is 3.03. The van der Waals surface area contributed by atoms with Gasteiger partial charge in [0.25, 0.3) is 0 Å². The Hall–Kier alpha value is -0.750. The first-order chi connectivity index (χ1) is 8.99. The second-order valence-electron chi connectivity index (χ2n) is 4.14. The fraction of sp³-hybridized carbons (Fsp3) is 0.583. The van der Waals surface area contributed by atoms with Crippen LogP contribution < -0.4 is 10.2 Å². The highest BCUT2D eigenvalue weighted by Gasteiger charge is 2.15. The van der Waals surface area contributed by atoms with Gasteiger partial charge in [0.1, 0.15) is 11.6 Å². The molecule has 7 heteroatoms. The number of likely N-dealkylation sites (N-methyl/N-ethyl adjacent to an activating group) is 1. The van der Waals surface area contributed by atoms with Crippen LogP contribution in [0.4, 0.5) is 11.6 Å². The van der Waals surface area contributed by atoms with Gasteiger partial charge in [-0.1, -0.05) is 23.2 Å². The zero-order chi connectivity index (χ0) is 14.4. The highest BCUT2D eigenvalue weighted by molar-refractivity contribution is 6.37. The number of methoxy groups -OCH3 is 1. The molecular formula is C12H19Cl2N3O2. The molecule has 1 atom stereocenters. The van der Waals surface area contributed by atoms with Crippen LogP contribution in [0.5, 0.6) is 0 Å². The van der Waals surface area contributed by atoms with Crippen molar-refractivity contribution in [2.45, 2.75) is 13.0 Å². The van der Waals surface area contributed by atoms with E-state index < -0.39 is 6.10 Å². The topological polar surface area (TPSA) is 57.6 Å². The summed E-state index contributed by atoms with van der Waals surface area (Å²) in [7, 11) is 3.34. The van der Waals surface area contributed by atoms with Crippen LogP contribution >= 0.6 is 23.2 Å². The van der Waals surface area contributed by atoms with Crippen molar-refractivity contribution >= 4 is 34.8 Å². The monoisotopic (exact) mass is 307 g/mol. The molecule has 1 rings (SSSR count). The van der Waals surface area contributed by atoms with Gasteiger partial charge in [-0.05, 0) is 13.0 Å². The lowest BCUT2D eigenvalue weighted by molar-refractivity contribution is 0.0694. The molecule has 0 saturated carbocycles. The van der Waals surface area contributed by atoms with Gasteiger partial charge in [-0.3, -0.25) is 0 Å². The lowest BCUT2D eigenvalue weighted by Gasteiger charge is -2.23. The Bertz CT molecular complexity index is 418. The Kier molecular flexibility index (Phi) is 6.65. The highest BCUT2D eigenvalue weighted by Crippen LogP contribution is 2.30. The average Bonchev–Trinajstić information content (AvgIpc) is 2.32. The van der Waals surface area contributed by atoms with E-state index in [-0.39, 0.29) is 6.61 Å². The molecule has 0 fully saturated rings. The van der Waals surface area contributed by atoms with Gasteiger partial charge in [0.05, 0.1) is 22.8 Å². The van der Waals surface area contributed by atoms with E-state index in [2.05, 4.69) is 10.3 Å². The van der Waals surface area contributed by atoms with Gasteiger partial charge >= 0.3 is 0 Å². The molecule has 0 spiro atoms. The van der Waals surface area contributed by atoms with E-state index in [1.54, 1.807) is 25.1 Å². The number of hydrogen-bond acceptors (Lipinski definition) is 5. The fourth-order valence-electron chi connectivity index (χ4n) is 1.66. The summed E-state index contributed by atoms with van der Waals surface area (Å²) in [6.07, 6.45) is -0.605. The third-order valence-electron chi connectivity index (χ3n) is 2.46. The quantitative estimate of drug-likeness (QED) is 0.809. The largest absolute Gasteiger partial charge is 0.389 e. The van der Waals surface area contributed by atoms with E-state index in [0.29, 0.717) is 34.8 Å². The number of pyridine rings is 1. The molecule has 5 nitrogen and oxygen atoms in total. The van der Waals surface area contributed by atoms with Crippen molar-refractivity contribution in [2.75, 3.05) is 44.1 Å². The Morgan fingerprint density at radius 1 is 1.47 bits per heavy atom. The summed E-state index contributed by atoms with van der Waals surface area (Å²) in [5.41, 5.74) is 0. The van der Waals surface area contributed by atoms with Gasteiger partial charge in [-0.2, -0.15) is 0 Å². The molecule has 0 aliphatic rings. The summed E-state index contributed by atoms with van der Waals surface area (Å²) >= 11 is 12.2. The average molecular weight is 308 g/mol. The first-order valence-electron chi connectivity index (χ1n) is 5.97. The van der Waals surface area contributed by atoms with Gasteiger partial charge in [-0.15, -0.1) is 0 Å². The number of anilines is 2.